The Balaban J connectivity index is 1.50. The van der Waals surface area contributed by atoms with Crippen LogP contribution in [0.25, 0.3) is 22.7 Å². The molecule has 5 nitrogen and oxygen atoms in total. The lowest BCUT2D eigenvalue weighted by atomic mass is 10.1. The van der Waals surface area contributed by atoms with Crippen LogP contribution in [0.4, 0.5) is 14.5 Å². The van der Waals surface area contributed by atoms with E-state index in [9.17, 15) is 13.6 Å². The Bertz CT molecular complexity index is 1300. The van der Waals surface area contributed by atoms with E-state index in [1.54, 1.807) is 37.5 Å². The predicted octanol–water partition coefficient (Wildman–Crippen LogP) is 6.76. The van der Waals surface area contributed by atoms with Gasteiger partial charge in [-0.25, -0.2) is 13.8 Å². The number of nitrogens with one attached hydrogen (secondary N) is 1. The molecular weight excluding hydrogens is 424 g/mol. The molecule has 0 spiro atoms. The summed E-state index contributed by atoms with van der Waals surface area (Å²) in [5, 5.41) is 2.77. The fourth-order valence-electron chi connectivity index (χ4n) is 4.42. The number of aromatic nitrogens is 2. The standard InChI is InChI=1S/C26H23F2N3O2/c1-16-14-19(28)10-11-21(16)30-26(32)23-13-12-22(33-23)25-24(17-6-8-18(27)9-7-17)29-15-31(25)20-4-2-3-5-20/h6-15,20H,2-5H2,1H3,(H,30,32). The van der Waals surface area contributed by atoms with Crippen molar-refractivity contribution in [2.24, 2.45) is 0 Å². The van der Waals surface area contributed by atoms with E-state index >= 15 is 0 Å². The van der Waals surface area contributed by atoms with Crippen molar-refractivity contribution in [2.75, 3.05) is 5.32 Å². The van der Waals surface area contributed by atoms with E-state index in [1.807, 2.05) is 0 Å². The van der Waals surface area contributed by atoms with Crippen molar-refractivity contribution in [1.29, 1.82) is 0 Å². The fraction of sp³-hybridized carbons (Fsp3) is 0.231. The van der Waals surface area contributed by atoms with Crippen molar-refractivity contribution in [1.82, 2.24) is 9.55 Å². The molecule has 2 heterocycles. The minimum atomic E-state index is -0.425. The number of hydrogen-bond donors (Lipinski definition) is 1. The van der Waals surface area contributed by atoms with Gasteiger partial charge >= 0.3 is 0 Å². The molecule has 168 valence electrons. The van der Waals surface area contributed by atoms with Crippen LogP contribution in [0.2, 0.25) is 0 Å². The monoisotopic (exact) mass is 447 g/mol. The molecule has 0 unspecified atom stereocenters. The minimum Gasteiger partial charge on any atom is -0.449 e. The topological polar surface area (TPSA) is 60.1 Å². The molecule has 2 aromatic heterocycles. The largest absolute Gasteiger partial charge is 0.449 e. The lowest BCUT2D eigenvalue weighted by Crippen LogP contribution is -2.12. The molecule has 0 atom stereocenters. The molecule has 1 fully saturated rings. The summed E-state index contributed by atoms with van der Waals surface area (Å²) in [6.45, 7) is 1.72. The van der Waals surface area contributed by atoms with Gasteiger partial charge in [-0.1, -0.05) is 12.8 Å². The third-order valence-corrected chi connectivity index (χ3v) is 6.13. The van der Waals surface area contributed by atoms with E-state index in [1.165, 1.54) is 30.3 Å². The molecule has 1 saturated carbocycles. The number of carbonyl (C=O) groups excluding carboxylic acids is 1. The smallest absolute Gasteiger partial charge is 0.291 e. The highest BCUT2D eigenvalue weighted by atomic mass is 19.1. The second-order valence-corrected chi connectivity index (χ2v) is 8.37. The van der Waals surface area contributed by atoms with Crippen molar-refractivity contribution in [3.63, 3.8) is 0 Å². The molecule has 5 rings (SSSR count). The van der Waals surface area contributed by atoms with Gasteiger partial charge in [-0.3, -0.25) is 4.79 Å². The van der Waals surface area contributed by atoms with Gasteiger partial charge in [0.15, 0.2) is 11.5 Å². The summed E-state index contributed by atoms with van der Waals surface area (Å²) in [7, 11) is 0. The maximum Gasteiger partial charge on any atom is 0.291 e. The van der Waals surface area contributed by atoms with Crippen LogP contribution >= 0.6 is 0 Å². The normalized spacial score (nSPS) is 14.0. The van der Waals surface area contributed by atoms with Gasteiger partial charge in [0.2, 0.25) is 0 Å². The maximum absolute atomic E-state index is 13.5. The molecule has 33 heavy (non-hydrogen) atoms. The molecule has 4 aromatic rings. The van der Waals surface area contributed by atoms with Crippen LogP contribution in [0, 0.1) is 18.6 Å². The van der Waals surface area contributed by atoms with Gasteiger partial charge in [-0.15, -0.1) is 0 Å². The number of rotatable bonds is 5. The van der Waals surface area contributed by atoms with Crippen molar-refractivity contribution in [3.8, 4) is 22.7 Å². The summed E-state index contributed by atoms with van der Waals surface area (Å²) in [5.74, 6) is -0.452. The summed E-state index contributed by atoms with van der Waals surface area (Å²) in [6, 6.07) is 14.0. The molecule has 0 radical (unpaired) electrons. The maximum atomic E-state index is 13.5. The summed E-state index contributed by atoms with van der Waals surface area (Å²) in [4.78, 5) is 17.4. The molecule has 1 aliphatic rings. The molecule has 7 heteroatoms. The average Bonchev–Trinajstić information content (AvgIpc) is 3.56. The Morgan fingerprint density at radius 1 is 1.03 bits per heavy atom. The molecule has 2 aromatic carbocycles. The van der Waals surface area contributed by atoms with Gasteiger partial charge in [0.25, 0.3) is 5.91 Å². The number of halogens is 2. The van der Waals surface area contributed by atoms with Crippen LogP contribution in [0.15, 0.2) is 65.3 Å². The molecule has 1 N–H and O–H groups in total. The predicted molar refractivity (Wildman–Crippen MR) is 122 cm³/mol. The van der Waals surface area contributed by atoms with Gasteiger partial charge in [0.05, 0.1) is 12.0 Å². The lowest BCUT2D eigenvalue weighted by Gasteiger charge is -2.15. The SMILES string of the molecule is Cc1cc(F)ccc1NC(=O)c1ccc(-c2c(-c3ccc(F)cc3)ncn2C2CCCC2)o1. The van der Waals surface area contributed by atoms with Crippen LogP contribution in [-0.4, -0.2) is 15.5 Å². The summed E-state index contributed by atoms with van der Waals surface area (Å²) in [6.07, 6.45) is 6.19. The number of aryl methyl sites for hydroxylation is 1. The summed E-state index contributed by atoms with van der Waals surface area (Å²) < 4.78 is 35.0. The van der Waals surface area contributed by atoms with Crippen LogP contribution in [-0.2, 0) is 0 Å². The van der Waals surface area contributed by atoms with Gasteiger partial charge in [0, 0.05) is 17.3 Å². The zero-order valence-corrected chi connectivity index (χ0v) is 18.1. The van der Waals surface area contributed by atoms with E-state index in [4.69, 9.17) is 4.42 Å². The Kier molecular flexibility index (Phi) is 5.54. The lowest BCUT2D eigenvalue weighted by molar-refractivity contribution is 0.0997. The number of hydrogen-bond acceptors (Lipinski definition) is 3. The van der Waals surface area contributed by atoms with E-state index in [-0.39, 0.29) is 17.4 Å². The number of carbonyl (C=O) groups is 1. The second-order valence-electron chi connectivity index (χ2n) is 8.37. The van der Waals surface area contributed by atoms with Gasteiger partial charge < -0.3 is 14.3 Å². The molecule has 0 bridgehead atoms. The number of anilines is 1. The Morgan fingerprint density at radius 3 is 2.48 bits per heavy atom. The molecule has 1 amide bonds. The molecule has 1 aliphatic carbocycles. The fourth-order valence-corrected chi connectivity index (χ4v) is 4.42. The van der Waals surface area contributed by atoms with Crippen molar-refractivity contribution >= 4 is 11.6 Å². The Morgan fingerprint density at radius 2 is 1.76 bits per heavy atom. The van der Waals surface area contributed by atoms with E-state index in [2.05, 4.69) is 14.9 Å². The van der Waals surface area contributed by atoms with Gasteiger partial charge in [0.1, 0.15) is 17.3 Å². The minimum absolute atomic E-state index is 0.137. The number of nitrogens with zero attached hydrogens (tertiary/aromatic N) is 2. The van der Waals surface area contributed by atoms with Crippen molar-refractivity contribution < 1.29 is 18.0 Å². The third-order valence-electron chi connectivity index (χ3n) is 6.13. The average molecular weight is 447 g/mol. The second kappa shape index (κ2) is 8.65. The first-order valence-corrected chi connectivity index (χ1v) is 11.0. The highest BCUT2D eigenvalue weighted by Gasteiger charge is 2.26. The molecule has 0 saturated heterocycles. The van der Waals surface area contributed by atoms with Crippen LogP contribution < -0.4 is 5.32 Å². The first-order chi connectivity index (χ1) is 16.0. The zero-order chi connectivity index (χ0) is 22.9. The number of imidazole rings is 1. The highest BCUT2D eigenvalue weighted by Crippen LogP contribution is 2.39. The highest BCUT2D eigenvalue weighted by molar-refractivity contribution is 6.03. The zero-order valence-electron chi connectivity index (χ0n) is 18.1. The first kappa shape index (κ1) is 21.1. The number of furan rings is 1. The summed E-state index contributed by atoms with van der Waals surface area (Å²) in [5.41, 5.74) is 3.35. The summed E-state index contributed by atoms with van der Waals surface area (Å²) >= 11 is 0. The van der Waals surface area contributed by atoms with Crippen LogP contribution in [0.1, 0.15) is 47.8 Å². The number of amides is 1. The molecule has 0 aliphatic heterocycles. The Hall–Kier alpha value is -3.74. The third kappa shape index (κ3) is 4.18. The van der Waals surface area contributed by atoms with E-state index in [0.29, 0.717) is 28.7 Å². The van der Waals surface area contributed by atoms with Crippen molar-refractivity contribution in [3.05, 3.63) is 83.9 Å². The van der Waals surface area contributed by atoms with Gasteiger partial charge in [-0.2, -0.15) is 0 Å². The Labute approximate surface area is 190 Å². The first-order valence-electron chi connectivity index (χ1n) is 11.0. The number of benzene rings is 2. The van der Waals surface area contributed by atoms with Gasteiger partial charge in [-0.05, 0) is 79.9 Å². The quantitative estimate of drug-likeness (QED) is 0.367. The van der Waals surface area contributed by atoms with Crippen molar-refractivity contribution in [2.45, 2.75) is 38.6 Å². The van der Waals surface area contributed by atoms with Crippen LogP contribution in [0.3, 0.4) is 0 Å². The van der Waals surface area contributed by atoms with E-state index < -0.39 is 5.91 Å². The van der Waals surface area contributed by atoms with E-state index in [0.717, 1.165) is 36.9 Å². The van der Waals surface area contributed by atoms with Crippen LogP contribution in [0.5, 0.6) is 0 Å². The molecular formula is C26H23F2N3O2.